The van der Waals surface area contributed by atoms with E-state index in [4.69, 9.17) is 16.9 Å². The summed E-state index contributed by atoms with van der Waals surface area (Å²) in [7, 11) is 0. The van der Waals surface area contributed by atoms with Gasteiger partial charge in [-0.15, -0.1) is 5.10 Å². The first kappa shape index (κ1) is 10.8. The van der Waals surface area contributed by atoms with E-state index < -0.39 is 0 Å². The summed E-state index contributed by atoms with van der Waals surface area (Å²) < 4.78 is 1.64. The predicted octanol–water partition coefficient (Wildman–Crippen LogP) is 2.92. The summed E-state index contributed by atoms with van der Waals surface area (Å²) in [5, 5.41) is 13.8. The predicted molar refractivity (Wildman–Crippen MR) is 68.1 cm³/mol. The van der Waals surface area contributed by atoms with Gasteiger partial charge in [0, 0.05) is 22.8 Å². The zero-order chi connectivity index (χ0) is 12.5. The Morgan fingerprint density at radius 2 is 1.94 bits per heavy atom. The molecule has 3 aromatic rings. The molecule has 0 amide bonds. The largest absolute Gasteiger partial charge is 0.220 e. The fraction of sp³-hybridized carbons (Fsp3) is 0. The highest BCUT2D eigenvalue weighted by atomic mass is 35.5. The first-order chi connectivity index (χ1) is 8.76. The molecule has 0 N–H and O–H groups in total. The lowest BCUT2D eigenvalue weighted by atomic mass is 10.2. The van der Waals surface area contributed by atoms with Gasteiger partial charge in [0.1, 0.15) is 0 Å². The molecular weight excluding hydrogens is 248 g/mol. The normalized spacial score (nSPS) is 10.4. The maximum Gasteiger partial charge on any atom is 0.182 e. The molecule has 86 valence electrons. The number of nitrogens with zero attached hydrogens (tertiary/aromatic N) is 4. The quantitative estimate of drug-likeness (QED) is 0.671. The number of hydrogen-bond acceptors (Lipinski definition) is 3. The molecule has 0 fully saturated rings. The van der Waals surface area contributed by atoms with Crippen LogP contribution in [-0.4, -0.2) is 14.6 Å². The van der Waals surface area contributed by atoms with Crippen LogP contribution in [0.5, 0.6) is 0 Å². The van der Waals surface area contributed by atoms with E-state index in [1.54, 1.807) is 35.0 Å². The molecule has 0 aliphatic rings. The standard InChI is InChI=1S/C13H7ClN4/c14-11-3-1-10(2-4-11)13-16-12-7-9(8-15)5-6-18(12)17-13/h1-7H. The van der Waals surface area contributed by atoms with Gasteiger partial charge in [-0.05, 0) is 30.3 Å². The smallest absolute Gasteiger partial charge is 0.182 e. The molecule has 0 aliphatic carbocycles. The van der Waals surface area contributed by atoms with Crippen LogP contribution in [0.4, 0.5) is 0 Å². The van der Waals surface area contributed by atoms with Gasteiger partial charge in [-0.3, -0.25) is 0 Å². The van der Waals surface area contributed by atoms with Crippen LogP contribution >= 0.6 is 11.6 Å². The molecule has 0 aliphatic heterocycles. The number of aromatic nitrogens is 3. The molecule has 3 rings (SSSR count). The van der Waals surface area contributed by atoms with Crippen LogP contribution in [0.3, 0.4) is 0 Å². The van der Waals surface area contributed by atoms with Gasteiger partial charge in [0.2, 0.25) is 0 Å². The second-order valence-corrected chi connectivity index (χ2v) is 4.21. The third-order valence-corrected chi connectivity index (χ3v) is 2.82. The van der Waals surface area contributed by atoms with E-state index in [1.165, 1.54) is 0 Å². The molecular formula is C13H7ClN4. The summed E-state index contributed by atoms with van der Waals surface area (Å²) in [6.07, 6.45) is 1.72. The molecule has 4 nitrogen and oxygen atoms in total. The van der Waals surface area contributed by atoms with Gasteiger partial charge < -0.3 is 0 Å². The summed E-state index contributed by atoms with van der Waals surface area (Å²) in [5.74, 6) is 0.613. The number of halogens is 1. The van der Waals surface area contributed by atoms with Crippen molar-refractivity contribution >= 4 is 17.2 Å². The van der Waals surface area contributed by atoms with Crippen molar-refractivity contribution in [3.05, 3.63) is 53.2 Å². The van der Waals surface area contributed by atoms with E-state index in [9.17, 15) is 0 Å². The van der Waals surface area contributed by atoms with E-state index in [-0.39, 0.29) is 0 Å². The number of rotatable bonds is 1. The molecule has 18 heavy (non-hydrogen) atoms. The Kier molecular flexibility index (Phi) is 2.47. The second kappa shape index (κ2) is 4.13. The average molecular weight is 255 g/mol. The van der Waals surface area contributed by atoms with Crippen LogP contribution in [-0.2, 0) is 0 Å². The SMILES string of the molecule is N#Cc1ccn2nc(-c3ccc(Cl)cc3)nc2c1. The summed E-state index contributed by atoms with van der Waals surface area (Å²) in [4.78, 5) is 4.38. The molecule has 0 bridgehead atoms. The molecule has 0 unspecified atom stereocenters. The summed E-state index contributed by atoms with van der Waals surface area (Å²) in [6.45, 7) is 0. The first-order valence-electron chi connectivity index (χ1n) is 5.29. The van der Waals surface area contributed by atoms with Gasteiger partial charge in [-0.1, -0.05) is 11.6 Å². The van der Waals surface area contributed by atoms with Crippen molar-refractivity contribution in [3.8, 4) is 17.5 Å². The maximum absolute atomic E-state index is 8.83. The van der Waals surface area contributed by atoms with Gasteiger partial charge in [-0.25, -0.2) is 9.50 Å². The third kappa shape index (κ3) is 1.81. The van der Waals surface area contributed by atoms with Gasteiger partial charge in [0.05, 0.1) is 11.6 Å². The van der Waals surface area contributed by atoms with Gasteiger partial charge in [0.25, 0.3) is 0 Å². The van der Waals surface area contributed by atoms with Crippen molar-refractivity contribution < 1.29 is 0 Å². The molecule has 0 spiro atoms. The van der Waals surface area contributed by atoms with E-state index in [1.807, 2.05) is 12.1 Å². The topological polar surface area (TPSA) is 54.0 Å². The summed E-state index contributed by atoms with van der Waals surface area (Å²) in [6, 6.07) is 12.8. The Morgan fingerprint density at radius 1 is 1.17 bits per heavy atom. The lowest BCUT2D eigenvalue weighted by Gasteiger charge is -1.93. The lowest BCUT2D eigenvalue weighted by Crippen LogP contribution is -1.87. The molecule has 2 heterocycles. The number of nitriles is 1. The number of fused-ring (bicyclic) bond motifs is 1. The van der Waals surface area contributed by atoms with Crippen LogP contribution in [0.2, 0.25) is 5.02 Å². The molecule has 0 atom stereocenters. The van der Waals surface area contributed by atoms with Crippen molar-refractivity contribution in [1.82, 2.24) is 14.6 Å². The molecule has 5 heteroatoms. The van der Waals surface area contributed by atoms with E-state index in [0.717, 1.165) is 5.56 Å². The van der Waals surface area contributed by atoms with E-state index in [0.29, 0.717) is 22.1 Å². The molecule has 1 aromatic carbocycles. The Labute approximate surface area is 108 Å². The number of hydrogen-bond donors (Lipinski definition) is 0. The van der Waals surface area contributed by atoms with Crippen molar-refractivity contribution in [1.29, 1.82) is 5.26 Å². The van der Waals surface area contributed by atoms with Crippen molar-refractivity contribution in [2.75, 3.05) is 0 Å². The molecule has 0 radical (unpaired) electrons. The zero-order valence-electron chi connectivity index (χ0n) is 9.21. The minimum atomic E-state index is 0.567. The molecule has 0 saturated heterocycles. The minimum absolute atomic E-state index is 0.567. The third-order valence-electron chi connectivity index (χ3n) is 2.57. The van der Waals surface area contributed by atoms with Crippen molar-refractivity contribution in [2.24, 2.45) is 0 Å². The van der Waals surface area contributed by atoms with Crippen LogP contribution in [0.25, 0.3) is 17.0 Å². The fourth-order valence-electron chi connectivity index (χ4n) is 1.67. The average Bonchev–Trinajstić information content (AvgIpc) is 2.82. The monoisotopic (exact) mass is 254 g/mol. The van der Waals surface area contributed by atoms with Gasteiger partial charge in [0.15, 0.2) is 11.5 Å². The first-order valence-corrected chi connectivity index (χ1v) is 5.66. The Morgan fingerprint density at radius 3 is 2.67 bits per heavy atom. The van der Waals surface area contributed by atoms with Gasteiger partial charge in [-0.2, -0.15) is 5.26 Å². The molecule has 0 saturated carbocycles. The van der Waals surface area contributed by atoms with Crippen LogP contribution in [0, 0.1) is 11.3 Å². The molecule has 2 aromatic heterocycles. The van der Waals surface area contributed by atoms with Crippen LogP contribution in [0.15, 0.2) is 42.6 Å². The zero-order valence-corrected chi connectivity index (χ0v) is 9.96. The van der Waals surface area contributed by atoms with Crippen molar-refractivity contribution in [2.45, 2.75) is 0 Å². The van der Waals surface area contributed by atoms with E-state index >= 15 is 0 Å². The highest BCUT2D eigenvalue weighted by Gasteiger charge is 2.06. The van der Waals surface area contributed by atoms with Crippen LogP contribution in [0.1, 0.15) is 5.56 Å². The minimum Gasteiger partial charge on any atom is -0.220 e. The summed E-state index contributed by atoms with van der Waals surface area (Å²) in [5.41, 5.74) is 2.11. The van der Waals surface area contributed by atoms with E-state index in [2.05, 4.69) is 16.2 Å². The maximum atomic E-state index is 8.83. The Bertz CT molecular complexity index is 753. The second-order valence-electron chi connectivity index (χ2n) is 3.77. The number of benzene rings is 1. The Hall–Kier alpha value is -2.38. The lowest BCUT2D eigenvalue weighted by molar-refractivity contribution is 0.964. The Balaban J connectivity index is 2.13. The van der Waals surface area contributed by atoms with Crippen molar-refractivity contribution in [3.63, 3.8) is 0 Å². The van der Waals surface area contributed by atoms with Crippen LogP contribution < -0.4 is 0 Å². The van der Waals surface area contributed by atoms with Gasteiger partial charge >= 0.3 is 0 Å². The highest BCUT2D eigenvalue weighted by molar-refractivity contribution is 6.30. The number of pyridine rings is 1. The highest BCUT2D eigenvalue weighted by Crippen LogP contribution is 2.19. The summed E-state index contributed by atoms with van der Waals surface area (Å²) >= 11 is 5.84. The fourth-order valence-corrected chi connectivity index (χ4v) is 1.80.